The van der Waals surface area contributed by atoms with Gasteiger partial charge in [0.05, 0.1) is 24.3 Å². The SMILES string of the molecule is COc1cc(Br)c(O)c(CN)c1OC. The van der Waals surface area contributed by atoms with E-state index in [1.54, 1.807) is 6.07 Å². The van der Waals surface area contributed by atoms with Gasteiger partial charge in [0.1, 0.15) is 5.75 Å². The maximum Gasteiger partial charge on any atom is 0.168 e. The van der Waals surface area contributed by atoms with E-state index in [9.17, 15) is 5.11 Å². The zero-order valence-electron chi connectivity index (χ0n) is 8.00. The summed E-state index contributed by atoms with van der Waals surface area (Å²) in [6.07, 6.45) is 0. The van der Waals surface area contributed by atoms with Gasteiger partial charge in [-0.25, -0.2) is 0 Å². The maximum atomic E-state index is 9.67. The third-order valence-electron chi connectivity index (χ3n) is 1.90. The molecule has 0 atom stereocenters. The quantitative estimate of drug-likeness (QED) is 0.868. The first-order chi connectivity index (χ1) is 6.65. The molecule has 0 fully saturated rings. The minimum atomic E-state index is 0.0881. The highest BCUT2D eigenvalue weighted by Crippen LogP contribution is 2.41. The molecule has 0 amide bonds. The van der Waals surface area contributed by atoms with Crippen LogP contribution in [0.2, 0.25) is 0 Å². The van der Waals surface area contributed by atoms with Crippen molar-refractivity contribution in [3.63, 3.8) is 0 Å². The lowest BCUT2D eigenvalue weighted by Crippen LogP contribution is -2.02. The summed E-state index contributed by atoms with van der Waals surface area (Å²) in [5.41, 5.74) is 6.03. The number of hydrogen-bond acceptors (Lipinski definition) is 4. The molecule has 0 saturated heterocycles. The third-order valence-corrected chi connectivity index (χ3v) is 2.50. The number of phenolic OH excluding ortho intramolecular Hbond substituents is 1. The van der Waals surface area contributed by atoms with Crippen molar-refractivity contribution in [3.8, 4) is 17.2 Å². The van der Waals surface area contributed by atoms with Gasteiger partial charge < -0.3 is 20.3 Å². The Kier molecular flexibility index (Phi) is 3.60. The molecular weight excluding hydrogens is 250 g/mol. The van der Waals surface area contributed by atoms with Gasteiger partial charge in [-0.3, -0.25) is 0 Å². The van der Waals surface area contributed by atoms with Crippen molar-refractivity contribution in [1.29, 1.82) is 0 Å². The second kappa shape index (κ2) is 4.52. The molecule has 1 rings (SSSR count). The summed E-state index contributed by atoms with van der Waals surface area (Å²) < 4.78 is 10.7. The van der Waals surface area contributed by atoms with Gasteiger partial charge in [-0.15, -0.1) is 0 Å². The van der Waals surface area contributed by atoms with Crippen LogP contribution in [0.25, 0.3) is 0 Å². The van der Waals surface area contributed by atoms with E-state index in [-0.39, 0.29) is 12.3 Å². The van der Waals surface area contributed by atoms with Crippen LogP contribution >= 0.6 is 15.9 Å². The maximum absolute atomic E-state index is 9.67. The first kappa shape index (κ1) is 11.1. The Morgan fingerprint density at radius 1 is 1.43 bits per heavy atom. The molecule has 14 heavy (non-hydrogen) atoms. The Balaban J connectivity index is 3.42. The van der Waals surface area contributed by atoms with E-state index < -0.39 is 0 Å². The molecule has 78 valence electrons. The van der Waals surface area contributed by atoms with Crippen molar-refractivity contribution < 1.29 is 14.6 Å². The Bertz CT molecular complexity index is 341. The van der Waals surface area contributed by atoms with E-state index in [1.165, 1.54) is 14.2 Å². The van der Waals surface area contributed by atoms with Crippen LogP contribution in [0.15, 0.2) is 10.5 Å². The van der Waals surface area contributed by atoms with Crippen LogP contribution in [0, 0.1) is 0 Å². The van der Waals surface area contributed by atoms with Crippen LogP contribution in [0.4, 0.5) is 0 Å². The zero-order chi connectivity index (χ0) is 10.7. The molecule has 4 nitrogen and oxygen atoms in total. The molecule has 0 heterocycles. The molecule has 0 aliphatic rings. The average Bonchev–Trinajstić information content (AvgIpc) is 2.20. The number of rotatable bonds is 3. The highest BCUT2D eigenvalue weighted by atomic mass is 79.9. The number of hydrogen-bond donors (Lipinski definition) is 2. The highest BCUT2D eigenvalue weighted by molar-refractivity contribution is 9.10. The molecule has 0 aliphatic heterocycles. The highest BCUT2D eigenvalue weighted by Gasteiger charge is 2.16. The summed E-state index contributed by atoms with van der Waals surface area (Å²) >= 11 is 3.20. The van der Waals surface area contributed by atoms with Gasteiger partial charge in [-0.05, 0) is 15.9 Å². The van der Waals surface area contributed by atoms with Crippen LogP contribution in [0.5, 0.6) is 17.2 Å². The molecule has 0 bridgehead atoms. The van der Waals surface area contributed by atoms with E-state index in [0.29, 0.717) is 21.5 Å². The minimum absolute atomic E-state index is 0.0881. The van der Waals surface area contributed by atoms with Crippen LogP contribution in [-0.2, 0) is 6.54 Å². The molecule has 5 heteroatoms. The van der Waals surface area contributed by atoms with Gasteiger partial charge >= 0.3 is 0 Å². The number of benzene rings is 1. The fourth-order valence-electron chi connectivity index (χ4n) is 1.21. The monoisotopic (exact) mass is 261 g/mol. The average molecular weight is 262 g/mol. The fourth-order valence-corrected chi connectivity index (χ4v) is 1.66. The van der Waals surface area contributed by atoms with Crippen LogP contribution in [-0.4, -0.2) is 19.3 Å². The first-order valence-electron chi connectivity index (χ1n) is 3.98. The van der Waals surface area contributed by atoms with Gasteiger partial charge in [0.15, 0.2) is 11.5 Å². The minimum Gasteiger partial charge on any atom is -0.506 e. The van der Waals surface area contributed by atoms with Crippen molar-refractivity contribution in [3.05, 3.63) is 16.1 Å². The van der Waals surface area contributed by atoms with Crippen LogP contribution < -0.4 is 15.2 Å². The Hall–Kier alpha value is -0.940. The normalized spacial score (nSPS) is 10.0. The fraction of sp³-hybridized carbons (Fsp3) is 0.333. The molecule has 1 aromatic carbocycles. The number of halogens is 1. The van der Waals surface area contributed by atoms with Crippen LogP contribution in [0.3, 0.4) is 0 Å². The number of phenols is 1. The summed E-state index contributed by atoms with van der Waals surface area (Å²) in [6.45, 7) is 0.185. The molecule has 0 radical (unpaired) electrons. The van der Waals surface area contributed by atoms with Crippen molar-refractivity contribution in [2.24, 2.45) is 5.73 Å². The van der Waals surface area contributed by atoms with Crippen LogP contribution in [0.1, 0.15) is 5.56 Å². The van der Waals surface area contributed by atoms with E-state index in [4.69, 9.17) is 15.2 Å². The number of methoxy groups -OCH3 is 2. The number of nitrogens with two attached hydrogens (primary N) is 1. The predicted octanol–water partition coefficient (Wildman–Crippen LogP) is 1.63. The van der Waals surface area contributed by atoms with Gasteiger partial charge in [-0.2, -0.15) is 0 Å². The van der Waals surface area contributed by atoms with Gasteiger partial charge in [0.25, 0.3) is 0 Å². The second-order valence-corrected chi connectivity index (χ2v) is 3.48. The van der Waals surface area contributed by atoms with Crippen molar-refractivity contribution >= 4 is 15.9 Å². The summed E-state index contributed by atoms with van der Waals surface area (Å²) in [4.78, 5) is 0. The summed E-state index contributed by atoms with van der Waals surface area (Å²) in [5.74, 6) is 1.10. The summed E-state index contributed by atoms with van der Waals surface area (Å²) in [5, 5.41) is 9.67. The molecule has 0 saturated carbocycles. The van der Waals surface area contributed by atoms with Gasteiger partial charge in [0, 0.05) is 12.6 Å². The Morgan fingerprint density at radius 3 is 2.50 bits per heavy atom. The molecule has 1 aromatic rings. The van der Waals surface area contributed by atoms with Crippen molar-refractivity contribution in [2.75, 3.05) is 14.2 Å². The lowest BCUT2D eigenvalue weighted by molar-refractivity contribution is 0.346. The molecule has 0 unspecified atom stereocenters. The standard InChI is InChI=1S/C9H12BrNO3/c1-13-7-3-6(10)8(12)5(4-11)9(7)14-2/h3,12H,4,11H2,1-2H3. The van der Waals surface area contributed by atoms with Crippen molar-refractivity contribution in [1.82, 2.24) is 0 Å². The Morgan fingerprint density at radius 2 is 2.07 bits per heavy atom. The lowest BCUT2D eigenvalue weighted by Gasteiger charge is -2.14. The van der Waals surface area contributed by atoms with E-state index in [2.05, 4.69) is 15.9 Å². The summed E-state index contributed by atoms with van der Waals surface area (Å²) in [7, 11) is 3.03. The first-order valence-corrected chi connectivity index (χ1v) is 4.77. The van der Waals surface area contributed by atoms with Gasteiger partial charge in [0.2, 0.25) is 0 Å². The second-order valence-electron chi connectivity index (χ2n) is 2.63. The predicted molar refractivity (Wildman–Crippen MR) is 56.8 cm³/mol. The van der Waals surface area contributed by atoms with E-state index in [1.807, 2.05) is 0 Å². The third kappa shape index (κ3) is 1.78. The molecule has 3 N–H and O–H groups in total. The Labute approximate surface area is 90.8 Å². The summed E-state index contributed by atoms with van der Waals surface area (Å²) in [6, 6.07) is 1.63. The largest absolute Gasteiger partial charge is 0.506 e. The van der Waals surface area contributed by atoms with E-state index >= 15 is 0 Å². The molecule has 0 aliphatic carbocycles. The van der Waals surface area contributed by atoms with Crippen molar-refractivity contribution in [2.45, 2.75) is 6.54 Å². The molecule has 0 spiro atoms. The topological polar surface area (TPSA) is 64.7 Å². The van der Waals surface area contributed by atoms with E-state index in [0.717, 1.165) is 0 Å². The number of ether oxygens (including phenoxy) is 2. The molecule has 0 aromatic heterocycles. The zero-order valence-corrected chi connectivity index (χ0v) is 9.59. The number of aromatic hydroxyl groups is 1. The van der Waals surface area contributed by atoms with Gasteiger partial charge in [-0.1, -0.05) is 0 Å². The smallest absolute Gasteiger partial charge is 0.168 e. The molecular formula is C9H12BrNO3. The lowest BCUT2D eigenvalue weighted by atomic mass is 10.1.